The molecular weight excluding hydrogens is 472 g/mol. The number of para-hydroxylation sites is 2. The van der Waals surface area contributed by atoms with Crippen LogP contribution in [0.2, 0.25) is 0 Å². The second-order valence-electron chi connectivity index (χ2n) is 8.11. The number of rotatable bonds is 12. The van der Waals surface area contributed by atoms with Gasteiger partial charge in [0.25, 0.3) is 0 Å². The first kappa shape index (κ1) is 36.1. The van der Waals surface area contributed by atoms with Gasteiger partial charge in [-0.1, -0.05) is 95.5 Å². The Morgan fingerprint density at radius 2 is 1.70 bits per heavy atom. The van der Waals surface area contributed by atoms with E-state index in [0.29, 0.717) is 5.92 Å². The van der Waals surface area contributed by atoms with E-state index >= 15 is 0 Å². The maximum absolute atomic E-state index is 8.27. The Balaban J connectivity index is 0. The van der Waals surface area contributed by atoms with Gasteiger partial charge < -0.3 is 10.1 Å². The average molecular weight is 521 g/mol. The molecule has 4 heteroatoms. The molecule has 2 aromatic carbocycles. The maximum atomic E-state index is 8.27. The van der Waals surface area contributed by atoms with E-state index in [2.05, 4.69) is 56.5 Å². The second-order valence-corrected chi connectivity index (χ2v) is 8.97. The number of thioether (sulfide) groups is 1. The normalized spacial score (nSPS) is 10.4. The molecule has 202 valence electrons. The molecule has 3 nitrogen and oxygen atoms in total. The van der Waals surface area contributed by atoms with Gasteiger partial charge in [-0.3, -0.25) is 0 Å². The van der Waals surface area contributed by atoms with Crippen LogP contribution in [0.25, 0.3) is 0 Å². The first-order valence-electron chi connectivity index (χ1n) is 13.2. The van der Waals surface area contributed by atoms with E-state index in [1.807, 2.05) is 75.5 Å². The van der Waals surface area contributed by atoms with Crippen LogP contribution in [-0.4, -0.2) is 6.54 Å². The van der Waals surface area contributed by atoms with E-state index in [1.54, 1.807) is 18.7 Å². The van der Waals surface area contributed by atoms with Gasteiger partial charge in [0, 0.05) is 17.9 Å². The van der Waals surface area contributed by atoms with Crippen molar-refractivity contribution in [2.45, 2.75) is 79.9 Å². The fraction of sp³-hybridized carbons (Fsp3) is 0.424. The molecule has 0 aliphatic rings. The van der Waals surface area contributed by atoms with E-state index in [4.69, 9.17) is 10.00 Å². The Kier molecular flexibility index (Phi) is 25.3. The summed E-state index contributed by atoms with van der Waals surface area (Å²) in [5, 5.41) is 13.1. The molecule has 1 atom stereocenters. The molecule has 0 saturated heterocycles. The lowest BCUT2D eigenvalue weighted by Gasteiger charge is -2.11. The smallest absolute Gasteiger partial charge is 0.176 e. The third-order valence-corrected chi connectivity index (χ3v) is 6.13. The molecule has 0 saturated carbocycles. The number of nitriles is 1. The fourth-order valence-electron chi connectivity index (χ4n) is 2.83. The Morgan fingerprint density at radius 1 is 1.11 bits per heavy atom. The highest BCUT2D eigenvalue weighted by atomic mass is 32.2. The summed E-state index contributed by atoms with van der Waals surface area (Å²) in [5.41, 5.74) is 3.52. The second kappa shape index (κ2) is 26.0. The summed E-state index contributed by atoms with van der Waals surface area (Å²) in [6.45, 7) is 18.9. The van der Waals surface area contributed by atoms with Crippen molar-refractivity contribution in [3.63, 3.8) is 0 Å². The number of nitrogens with one attached hydrogen (secondary N) is 1. The van der Waals surface area contributed by atoms with Crippen LogP contribution >= 0.6 is 11.8 Å². The molecule has 2 rings (SSSR count). The SMILES string of the molecule is C#CC.C=C(C)/C(C)=C/SCc1ccccc1Oc1ccccc1.CC.CCCCC(CC)CNC#N. The average Bonchev–Trinajstić information content (AvgIpc) is 2.92. The van der Waals surface area contributed by atoms with Gasteiger partial charge in [-0.2, -0.15) is 5.26 Å². The molecule has 0 aliphatic heterocycles. The van der Waals surface area contributed by atoms with Crippen molar-refractivity contribution in [2.24, 2.45) is 5.92 Å². The Labute approximate surface area is 232 Å². The molecule has 0 aromatic heterocycles. The van der Waals surface area contributed by atoms with Crippen molar-refractivity contribution in [3.05, 3.63) is 83.3 Å². The summed E-state index contributed by atoms with van der Waals surface area (Å²) in [7, 11) is 0. The lowest BCUT2D eigenvalue weighted by atomic mass is 10.00. The molecule has 0 spiro atoms. The first-order valence-corrected chi connectivity index (χ1v) is 14.2. The summed E-state index contributed by atoms with van der Waals surface area (Å²) in [4.78, 5) is 0. The van der Waals surface area contributed by atoms with Gasteiger partial charge in [0.2, 0.25) is 0 Å². The molecular formula is C33H48N2OS. The van der Waals surface area contributed by atoms with Gasteiger partial charge in [0.05, 0.1) is 0 Å². The Hall–Kier alpha value is -3.08. The minimum Gasteiger partial charge on any atom is -0.457 e. The number of hydrogen-bond donors (Lipinski definition) is 1. The van der Waals surface area contributed by atoms with Crippen molar-refractivity contribution < 1.29 is 4.74 Å². The molecule has 0 radical (unpaired) electrons. The molecule has 37 heavy (non-hydrogen) atoms. The molecule has 1 unspecified atom stereocenters. The number of allylic oxidation sites excluding steroid dienone is 2. The molecule has 2 aromatic rings. The van der Waals surface area contributed by atoms with Crippen LogP contribution in [0.15, 0.2) is 77.7 Å². The van der Waals surface area contributed by atoms with Gasteiger partial charge in [-0.15, -0.1) is 24.1 Å². The van der Waals surface area contributed by atoms with Crippen LogP contribution in [0.1, 0.15) is 79.7 Å². The molecule has 0 aliphatic carbocycles. The zero-order valence-corrected chi connectivity index (χ0v) is 25.0. The third-order valence-electron chi connectivity index (χ3n) is 5.13. The van der Waals surface area contributed by atoms with Crippen molar-refractivity contribution in [3.8, 4) is 30.0 Å². The maximum Gasteiger partial charge on any atom is 0.176 e. The lowest BCUT2D eigenvalue weighted by molar-refractivity contribution is 0.442. The molecule has 1 N–H and O–H groups in total. The monoisotopic (exact) mass is 520 g/mol. The number of hydrogen-bond acceptors (Lipinski definition) is 4. The first-order chi connectivity index (χ1) is 17.9. The van der Waals surface area contributed by atoms with E-state index in [0.717, 1.165) is 29.4 Å². The standard InChI is InChI=1S/C19H20OS.C9H18N2.C3H4.C2H6/c1-15(2)16(3)13-21-14-17-9-7-8-12-19(17)20-18-10-5-4-6-11-18;1-3-5-6-9(4-2)7-11-8-10;1-3-2;1-2/h4-13H,1,14H2,2-3H3;9,11H,3-7H2,1-2H3;1H,2H3;1-2H3/b16-13+;;;. The van der Waals surface area contributed by atoms with Crippen LogP contribution in [0, 0.1) is 29.7 Å². The Morgan fingerprint density at radius 3 is 2.24 bits per heavy atom. The van der Waals surface area contributed by atoms with Gasteiger partial charge in [-0.25, -0.2) is 0 Å². The van der Waals surface area contributed by atoms with Gasteiger partial charge in [0.15, 0.2) is 6.19 Å². The van der Waals surface area contributed by atoms with Gasteiger partial charge in [-0.05, 0) is 62.3 Å². The Bertz CT molecular complexity index is 939. The van der Waals surface area contributed by atoms with Gasteiger partial charge in [0.1, 0.15) is 11.5 Å². The number of nitrogens with zero attached hydrogens (tertiary/aromatic N) is 1. The number of terminal acetylenes is 1. The molecule has 0 amide bonds. The quantitative estimate of drug-likeness (QED) is 0.131. The highest BCUT2D eigenvalue weighted by molar-refractivity contribution is 8.01. The van der Waals surface area contributed by atoms with Crippen molar-refractivity contribution in [1.82, 2.24) is 5.32 Å². The lowest BCUT2D eigenvalue weighted by Crippen LogP contribution is -2.17. The minimum absolute atomic E-state index is 0.689. The summed E-state index contributed by atoms with van der Waals surface area (Å²) in [6, 6.07) is 18.0. The van der Waals surface area contributed by atoms with Crippen LogP contribution in [0.5, 0.6) is 11.5 Å². The summed E-state index contributed by atoms with van der Waals surface area (Å²) < 4.78 is 5.96. The van der Waals surface area contributed by atoms with E-state index < -0.39 is 0 Å². The zero-order chi connectivity index (χ0) is 28.3. The molecule has 0 heterocycles. The summed E-state index contributed by atoms with van der Waals surface area (Å²) >= 11 is 1.76. The van der Waals surface area contributed by atoms with Crippen molar-refractivity contribution in [1.29, 1.82) is 5.26 Å². The predicted molar refractivity (Wildman–Crippen MR) is 166 cm³/mol. The van der Waals surface area contributed by atoms with Crippen LogP contribution in [0.4, 0.5) is 0 Å². The largest absolute Gasteiger partial charge is 0.457 e. The highest BCUT2D eigenvalue weighted by Gasteiger charge is 2.04. The van der Waals surface area contributed by atoms with Crippen LogP contribution in [-0.2, 0) is 5.75 Å². The number of unbranched alkanes of at least 4 members (excludes halogenated alkanes) is 1. The highest BCUT2D eigenvalue weighted by Crippen LogP contribution is 2.29. The van der Waals surface area contributed by atoms with E-state index in [1.165, 1.54) is 36.8 Å². The third kappa shape index (κ3) is 19.7. The summed E-state index contributed by atoms with van der Waals surface area (Å²) in [6.07, 6.45) is 11.5. The predicted octanol–water partition coefficient (Wildman–Crippen LogP) is 10.1. The number of benzene rings is 2. The number of ether oxygens (including phenoxy) is 1. The van der Waals surface area contributed by atoms with Crippen LogP contribution in [0.3, 0.4) is 0 Å². The molecule has 0 bridgehead atoms. The molecule has 0 fully saturated rings. The topological polar surface area (TPSA) is 45.0 Å². The van der Waals surface area contributed by atoms with E-state index in [9.17, 15) is 0 Å². The van der Waals surface area contributed by atoms with Crippen molar-refractivity contribution >= 4 is 11.8 Å². The fourth-order valence-corrected chi connectivity index (χ4v) is 3.78. The van der Waals surface area contributed by atoms with Crippen LogP contribution < -0.4 is 10.1 Å². The summed E-state index contributed by atoms with van der Waals surface area (Å²) in [5.74, 6) is 5.60. The van der Waals surface area contributed by atoms with E-state index in [-0.39, 0.29) is 0 Å². The minimum atomic E-state index is 0.689. The van der Waals surface area contributed by atoms with Gasteiger partial charge >= 0.3 is 0 Å². The zero-order valence-electron chi connectivity index (χ0n) is 24.1. The van der Waals surface area contributed by atoms with Crippen molar-refractivity contribution in [2.75, 3.05) is 6.54 Å².